The van der Waals surface area contributed by atoms with Crippen LogP contribution in [0.1, 0.15) is 25.1 Å². The highest BCUT2D eigenvalue weighted by Crippen LogP contribution is 2.29. The number of likely N-dealkylation sites (tertiary alicyclic amines) is 1. The molecule has 1 aliphatic heterocycles. The molecule has 0 radical (unpaired) electrons. The number of halogens is 1. The molecule has 2 rings (SSSR count). The van der Waals surface area contributed by atoms with Crippen LogP contribution in [0, 0.1) is 5.41 Å². The summed E-state index contributed by atoms with van der Waals surface area (Å²) < 4.78 is 1.07. The quantitative estimate of drug-likeness (QED) is 0.906. The standard InChI is InChI=1S/C13H19BrN2OS/c1-13(2)5-6-16(8-10(13)15)12(17)7-9-3-4-11(14)18-9/h3-4,10H,5-8,15H2,1-2H3. The van der Waals surface area contributed by atoms with Gasteiger partial charge >= 0.3 is 0 Å². The molecule has 1 amide bonds. The van der Waals surface area contributed by atoms with Crippen molar-refractivity contribution in [2.45, 2.75) is 32.7 Å². The van der Waals surface area contributed by atoms with Gasteiger partial charge in [0.25, 0.3) is 0 Å². The molecule has 0 saturated carbocycles. The molecule has 1 saturated heterocycles. The number of hydrogen-bond acceptors (Lipinski definition) is 3. The maximum atomic E-state index is 12.2. The van der Waals surface area contributed by atoms with Gasteiger partial charge in [-0.15, -0.1) is 11.3 Å². The molecule has 1 aromatic heterocycles. The van der Waals surface area contributed by atoms with Gasteiger partial charge in [-0.3, -0.25) is 4.79 Å². The first-order valence-corrected chi connectivity index (χ1v) is 7.77. The fraction of sp³-hybridized carbons (Fsp3) is 0.615. The van der Waals surface area contributed by atoms with Crippen molar-refractivity contribution in [1.82, 2.24) is 4.90 Å². The molecule has 0 aromatic carbocycles. The van der Waals surface area contributed by atoms with Gasteiger partial charge in [-0.05, 0) is 39.9 Å². The lowest BCUT2D eigenvalue weighted by molar-refractivity contribution is -0.132. The smallest absolute Gasteiger partial charge is 0.227 e. The lowest BCUT2D eigenvalue weighted by Crippen LogP contribution is -2.54. The molecule has 3 nitrogen and oxygen atoms in total. The molecule has 2 N–H and O–H groups in total. The van der Waals surface area contributed by atoms with Gasteiger partial charge in [-0.25, -0.2) is 0 Å². The lowest BCUT2D eigenvalue weighted by Gasteiger charge is -2.42. The van der Waals surface area contributed by atoms with E-state index in [2.05, 4.69) is 29.8 Å². The second kappa shape index (κ2) is 5.31. The summed E-state index contributed by atoms with van der Waals surface area (Å²) >= 11 is 5.03. The number of nitrogens with two attached hydrogens (primary N) is 1. The van der Waals surface area contributed by atoms with Crippen LogP contribution in [0.2, 0.25) is 0 Å². The maximum Gasteiger partial charge on any atom is 0.227 e. The summed E-state index contributed by atoms with van der Waals surface area (Å²) in [6.07, 6.45) is 1.47. The predicted molar refractivity (Wildman–Crippen MR) is 78.7 cm³/mol. The van der Waals surface area contributed by atoms with Gasteiger partial charge < -0.3 is 10.6 Å². The largest absolute Gasteiger partial charge is 0.341 e. The molecular weight excluding hydrogens is 312 g/mol. The minimum Gasteiger partial charge on any atom is -0.341 e. The maximum absolute atomic E-state index is 12.2. The van der Waals surface area contributed by atoms with E-state index in [0.29, 0.717) is 13.0 Å². The summed E-state index contributed by atoms with van der Waals surface area (Å²) in [5.74, 6) is 0.190. The summed E-state index contributed by atoms with van der Waals surface area (Å²) in [6.45, 7) is 5.86. The molecule has 1 aromatic rings. The van der Waals surface area contributed by atoms with E-state index in [-0.39, 0.29) is 17.4 Å². The zero-order chi connectivity index (χ0) is 13.3. The van der Waals surface area contributed by atoms with Gasteiger partial charge in [0, 0.05) is 24.0 Å². The van der Waals surface area contributed by atoms with Gasteiger partial charge in [-0.2, -0.15) is 0 Å². The normalized spacial score (nSPS) is 23.1. The van der Waals surface area contributed by atoms with Crippen LogP contribution >= 0.6 is 27.3 Å². The molecule has 0 spiro atoms. The Labute approximate surface area is 120 Å². The Kier molecular flexibility index (Phi) is 4.14. The minimum atomic E-state index is 0.0743. The van der Waals surface area contributed by atoms with Gasteiger partial charge in [0.1, 0.15) is 0 Å². The van der Waals surface area contributed by atoms with E-state index >= 15 is 0 Å². The minimum absolute atomic E-state index is 0.0743. The third-order valence-electron chi connectivity index (χ3n) is 3.75. The number of thiophene rings is 1. The van der Waals surface area contributed by atoms with E-state index in [4.69, 9.17) is 5.73 Å². The topological polar surface area (TPSA) is 46.3 Å². The Balaban J connectivity index is 1.95. The van der Waals surface area contributed by atoms with Gasteiger partial charge in [-0.1, -0.05) is 13.8 Å². The van der Waals surface area contributed by atoms with E-state index in [1.807, 2.05) is 17.0 Å². The summed E-state index contributed by atoms with van der Waals surface area (Å²) in [5.41, 5.74) is 6.28. The third-order valence-corrected chi connectivity index (χ3v) is 5.38. The van der Waals surface area contributed by atoms with Crippen LogP contribution in [0.15, 0.2) is 15.9 Å². The molecule has 18 heavy (non-hydrogen) atoms. The lowest BCUT2D eigenvalue weighted by atomic mass is 9.78. The van der Waals surface area contributed by atoms with Crippen LogP contribution in [-0.2, 0) is 11.2 Å². The monoisotopic (exact) mass is 330 g/mol. The Hall–Kier alpha value is -0.390. The molecule has 1 atom stereocenters. The summed E-state index contributed by atoms with van der Waals surface area (Å²) in [6, 6.07) is 4.06. The van der Waals surface area contributed by atoms with E-state index in [9.17, 15) is 4.79 Å². The first-order chi connectivity index (χ1) is 8.38. The van der Waals surface area contributed by atoms with Crippen LogP contribution < -0.4 is 5.73 Å². The predicted octanol–water partition coefficient (Wildman–Crippen LogP) is 2.64. The Morgan fingerprint density at radius 2 is 2.33 bits per heavy atom. The number of hydrogen-bond donors (Lipinski definition) is 1. The second-order valence-electron chi connectivity index (χ2n) is 5.57. The molecule has 2 heterocycles. The van der Waals surface area contributed by atoms with Crippen LogP contribution in [0.3, 0.4) is 0 Å². The van der Waals surface area contributed by atoms with Crippen molar-refractivity contribution in [2.24, 2.45) is 11.1 Å². The number of piperidine rings is 1. The first kappa shape index (κ1) is 14.0. The Bertz CT molecular complexity index is 444. The number of carbonyl (C=O) groups excluding carboxylic acids is 1. The number of amides is 1. The molecule has 0 bridgehead atoms. The van der Waals surface area contributed by atoms with Crippen LogP contribution in [0.25, 0.3) is 0 Å². The van der Waals surface area contributed by atoms with Gasteiger partial charge in [0.15, 0.2) is 0 Å². The highest BCUT2D eigenvalue weighted by atomic mass is 79.9. The van der Waals surface area contributed by atoms with E-state index in [0.717, 1.165) is 21.6 Å². The van der Waals surface area contributed by atoms with Crippen LogP contribution in [0.4, 0.5) is 0 Å². The van der Waals surface area contributed by atoms with Crippen molar-refractivity contribution in [3.05, 3.63) is 20.8 Å². The fourth-order valence-electron chi connectivity index (χ4n) is 2.12. The molecule has 1 fully saturated rings. The first-order valence-electron chi connectivity index (χ1n) is 6.16. The van der Waals surface area contributed by atoms with Gasteiger partial charge in [0.2, 0.25) is 5.91 Å². The van der Waals surface area contributed by atoms with Crippen LogP contribution in [0.5, 0.6) is 0 Å². The Morgan fingerprint density at radius 1 is 1.61 bits per heavy atom. The number of nitrogens with zero attached hydrogens (tertiary/aromatic N) is 1. The van der Waals surface area contributed by atoms with Crippen molar-refractivity contribution < 1.29 is 4.79 Å². The molecule has 0 aliphatic carbocycles. The number of carbonyl (C=O) groups is 1. The zero-order valence-electron chi connectivity index (χ0n) is 10.8. The zero-order valence-corrected chi connectivity index (χ0v) is 13.2. The summed E-state index contributed by atoms with van der Waals surface area (Å²) in [7, 11) is 0. The van der Waals surface area contributed by atoms with Gasteiger partial charge in [0.05, 0.1) is 10.2 Å². The highest BCUT2D eigenvalue weighted by Gasteiger charge is 2.34. The van der Waals surface area contributed by atoms with E-state index in [1.54, 1.807) is 11.3 Å². The summed E-state index contributed by atoms with van der Waals surface area (Å²) in [4.78, 5) is 15.2. The molecule has 5 heteroatoms. The fourth-order valence-corrected chi connectivity index (χ4v) is 3.59. The SMILES string of the molecule is CC1(C)CCN(C(=O)Cc2ccc(Br)s2)CC1N. The van der Waals surface area contributed by atoms with Crippen LogP contribution in [-0.4, -0.2) is 29.9 Å². The number of rotatable bonds is 2. The average Bonchev–Trinajstić information content (AvgIpc) is 2.68. The highest BCUT2D eigenvalue weighted by molar-refractivity contribution is 9.11. The molecule has 1 unspecified atom stereocenters. The van der Waals surface area contributed by atoms with E-state index < -0.39 is 0 Å². The average molecular weight is 331 g/mol. The second-order valence-corrected chi connectivity index (χ2v) is 8.11. The van der Waals surface area contributed by atoms with Crippen molar-refractivity contribution in [3.8, 4) is 0 Å². The van der Waals surface area contributed by atoms with Crippen molar-refractivity contribution in [2.75, 3.05) is 13.1 Å². The van der Waals surface area contributed by atoms with Crippen molar-refractivity contribution in [3.63, 3.8) is 0 Å². The molecule has 1 aliphatic rings. The van der Waals surface area contributed by atoms with Crippen molar-refractivity contribution in [1.29, 1.82) is 0 Å². The molecule has 100 valence electrons. The Morgan fingerprint density at radius 3 is 2.89 bits per heavy atom. The summed E-state index contributed by atoms with van der Waals surface area (Å²) in [5, 5.41) is 0. The molecular formula is C13H19BrN2OS. The van der Waals surface area contributed by atoms with Crippen molar-refractivity contribution >= 4 is 33.2 Å². The third kappa shape index (κ3) is 3.13. The van der Waals surface area contributed by atoms with E-state index in [1.165, 1.54) is 0 Å².